The highest BCUT2D eigenvalue weighted by atomic mass is 19.4. The van der Waals surface area contributed by atoms with E-state index in [9.17, 15) is 38.1 Å². The van der Waals surface area contributed by atoms with Crippen molar-refractivity contribution in [3.05, 3.63) is 123 Å². The van der Waals surface area contributed by atoms with Crippen molar-refractivity contribution in [1.82, 2.24) is 4.90 Å². The van der Waals surface area contributed by atoms with Crippen LogP contribution in [0.1, 0.15) is 48.9 Å². The molecule has 218 valence electrons. The first-order valence-electron chi connectivity index (χ1n) is 13.2. The van der Waals surface area contributed by atoms with Gasteiger partial charge in [-0.1, -0.05) is 24.3 Å². The van der Waals surface area contributed by atoms with Crippen LogP contribution < -0.4 is 9.64 Å². The fraction of sp³-hybridized carbons (Fsp3) is 0.194. The Bertz CT molecular complexity index is 1710. The summed E-state index contributed by atoms with van der Waals surface area (Å²) >= 11 is 0. The number of alkyl halides is 3. The summed E-state index contributed by atoms with van der Waals surface area (Å²) in [6.07, 6.45) is -2.41. The molecule has 1 aliphatic heterocycles. The minimum Gasteiger partial charge on any atom is -0.410 e. The number of carbonyl (C=O) groups is 2. The number of nitro groups is 1. The number of hydrogen-bond acceptors (Lipinski definition) is 6. The average molecular weight is 589 g/mol. The SMILES string of the molecule is CC=C1CCCC2=C1C(c1ccc(C#N)cc1)N(C(=O)Oc1ccc([N+](=O)[O-])cc1)C(=O)N2c1cccc(C(F)(F)F)c1. The van der Waals surface area contributed by atoms with Crippen molar-refractivity contribution in [2.75, 3.05) is 4.90 Å². The minimum absolute atomic E-state index is 0.0731. The second kappa shape index (κ2) is 11.4. The largest absolute Gasteiger partial charge is 0.424 e. The first-order chi connectivity index (χ1) is 20.5. The Kier molecular flexibility index (Phi) is 7.74. The Balaban J connectivity index is 1.70. The summed E-state index contributed by atoms with van der Waals surface area (Å²) in [6, 6.07) is 15.3. The molecule has 2 aliphatic rings. The van der Waals surface area contributed by atoms with Gasteiger partial charge in [-0.2, -0.15) is 18.4 Å². The lowest BCUT2D eigenvalue weighted by atomic mass is 9.81. The smallest absolute Gasteiger partial charge is 0.410 e. The Morgan fingerprint density at radius 3 is 2.40 bits per heavy atom. The van der Waals surface area contributed by atoms with Crippen LogP contribution in [-0.2, 0) is 6.18 Å². The second-order valence-corrected chi connectivity index (χ2v) is 9.82. The van der Waals surface area contributed by atoms with Gasteiger partial charge in [0.25, 0.3) is 5.69 Å². The van der Waals surface area contributed by atoms with Crippen molar-refractivity contribution in [3.8, 4) is 11.8 Å². The Labute approximate surface area is 243 Å². The van der Waals surface area contributed by atoms with Crippen LogP contribution in [-0.4, -0.2) is 21.9 Å². The molecule has 1 atom stereocenters. The molecule has 9 nitrogen and oxygen atoms in total. The number of nitrogens with zero attached hydrogens (tertiary/aromatic N) is 4. The highest BCUT2D eigenvalue weighted by Gasteiger charge is 2.47. The van der Waals surface area contributed by atoms with E-state index in [1.807, 2.05) is 12.1 Å². The maximum Gasteiger partial charge on any atom is 0.424 e. The van der Waals surface area contributed by atoms with Crippen molar-refractivity contribution in [2.45, 2.75) is 38.4 Å². The third-order valence-electron chi connectivity index (χ3n) is 7.30. The molecule has 1 heterocycles. The molecule has 0 bridgehead atoms. The van der Waals surface area contributed by atoms with Crippen LogP contribution in [0.4, 0.5) is 34.1 Å². The predicted molar refractivity (Wildman–Crippen MR) is 149 cm³/mol. The van der Waals surface area contributed by atoms with Gasteiger partial charge in [0.05, 0.1) is 33.8 Å². The van der Waals surface area contributed by atoms with E-state index in [0.29, 0.717) is 41.7 Å². The molecule has 3 aromatic rings. The lowest BCUT2D eigenvalue weighted by Crippen LogP contribution is -2.54. The first kappa shape index (κ1) is 29.1. The Hall–Kier alpha value is -5.44. The number of rotatable bonds is 4. The van der Waals surface area contributed by atoms with Crippen LogP contribution in [0.15, 0.2) is 95.7 Å². The Morgan fingerprint density at radius 1 is 1.09 bits per heavy atom. The number of non-ortho nitro benzene ring substituents is 1. The van der Waals surface area contributed by atoms with Gasteiger partial charge in [-0.05, 0) is 79.8 Å². The van der Waals surface area contributed by atoms with Crippen LogP contribution in [0.3, 0.4) is 0 Å². The van der Waals surface area contributed by atoms with Gasteiger partial charge >= 0.3 is 18.3 Å². The number of halogens is 3. The van der Waals surface area contributed by atoms with Crippen molar-refractivity contribution in [1.29, 1.82) is 5.26 Å². The number of nitriles is 1. The molecule has 0 N–H and O–H groups in total. The van der Waals surface area contributed by atoms with Crippen LogP contribution in [0.5, 0.6) is 5.75 Å². The lowest BCUT2D eigenvalue weighted by Gasteiger charge is -2.45. The maximum absolute atomic E-state index is 14.3. The van der Waals surface area contributed by atoms with Gasteiger partial charge in [-0.3, -0.25) is 15.0 Å². The topological polar surface area (TPSA) is 117 Å². The summed E-state index contributed by atoms with van der Waals surface area (Å²) in [6.45, 7) is 1.80. The molecule has 43 heavy (non-hydrogen) atoms. The van der Waals surface area contributed by atoms with Gasteiger partial charge in [0.2, 0.25) is 0 Å². The number of ether oxygens (including phenoxy) is 1. The monoisotopic (exact) mass is 588 g/mol. The van der Waals surface area contributed by atoms with Crippen LogP contribution in [0.2, 0.25) is 0 Å². The molecule has 1 unspecified atom stereocenters. The highest BCUT2D eigenvalue weighted by Crippen LogP contribution is 2.48. The van der Waals surface area contributed by atoms with Gasteiger partial charge in [0, 0.05) is 23.4 Å². The fourth-order valence-corrected chi connectivity index (χ4v) is 5.34. The molecule has 3 amide bonds. The van der Waals surface area contributed by atoms with Crippen molar-refractivity contribution < 1.29 is 32.4 Å². The summed E-state index contributed by atoms with van der Waals surface area (Å²) in [5, 5.41) is 20.4. The second-order valence-electron chi connectivity index (χ2n) is 9.82. The van der Waals surface area contributed by atoms with Crippen LogP contribution >= 0.6 is 0 Å². The van der Waals surface area contributed by atoms with Crippen molar-refractivity contribution in [3.63, 3.8) is 0 Å². The van der Waals surface area contributed by atoms with Gasteiger partial charge < -0.3 is 4.74 Å². The summed E-state index contributed by atoms with van der Waals surface area (Å²) in [4.78, 5) is 40.5. The molecule has 0 aromatic heterocycles. The fourth-order valence-electron chi connectivity index (χ4n) is 5.34. The van der Waals surface area contributed by atoms with Gasteiger partial charge in [-0.15, -0.1) is 0 Å². The number of hydrogen-bond donors (Lipinski definition) is 0. The van der Waals surface area contributed by atoms with E-state index in [1.165, 1.54) is 36.4 Å². The molecule has 5 rings (SSSR count). The molecule has 0 saturated carbocycles. The number of urea groups is 1. The van der Waals surface area contributed by atoms with Crippen molar-refractivity contribution in [2.24, 2.45) is 0 Å². The molecule has 3 aromatic carbocycles. The van der Waals surface area contributed by atoms with Crippen LogP contribution in [0.25, 0.3) is 0 Å². The summed E-state index contributed by atoms with van der Waals surface area (Å²) in [5.41, 5.74) is 1.37. The van der Waals surface area contributed by atoms with E-state index in [1.54, 1.807) is 19.1 Å². The van der Waals surface area contributed by atoms with Crippen molar-refractivity contribution >= 4 is 23.5 Å². The van der Waals surface area contributed by atoms with E-state index in [0.717, 1.165) is 39.6 Å². The first-order valence-corrected chi connectivity index (χ1v) is 13.2. The number of amides is 3. The number of carbonyl (C=O) groups excluding carboxylic acids is 2. The highest BCUT2D eigenvalue weighted by molar-refractivity contribution is 6.06. The average Bonchev–Trinajstić information content (AvgIpc) is 3.00. The Morgan fingerprint density at radius 2 is 1.79 bits per heavy atom. The number of benzene rings is 3. The standard InChI is InChI=1S/C31H23F3N4O5/c1-2-20-5-3-8-26-27(20)28(21-11-9-19(18-35)10-12-21)37(30(40)43-25-15-13-23(14-16-25)38(41)42)29(39)36(26)24-7-4-6-22(17-24)31(32,33)34/h2,4,6-7,9-17,28H,3,5,8H2,1H3. The van der Waals surface area contributed by atoms with E-state index in [2.05, 4.69) is 0 Å². The zero-order valence-electron chi connectivity index (χ0n) is 22.7. The van der Waals surface area contributed by atoms with Gasteiger partial charge in [0.1, 0.15) is 5.75 Å². The number of anilines is 1. The van der Waals surface area contributed by atoms with Gasteiger partial charge in [0.15, 0.2) is 0 Å². The molecule has 1 aliphatic carbocycles. The third kappa shape index (κ3) is 5.57. The van der Waals surface area contributed by atoms with E-state index < -0.39 is 34.8 Å². The van der Waals surface area contributed by atoms with Crippen LogP contribution in [0, 0.1) is 21.4 Å². The number of imide groups is 1. The van der Waals surface area contributed by atoms with E-state index in [4.69, 9.17) is 4.74 Å². The summed E-state index contributed by atoms with van der Waals surface area (Å²) in [5.74, 6) is -0.0812. The molecular formula is C31H23F3N4O5. The zero-order chi connectivity index (χ0) is 30.9. The molecule has 0 radical (unpaired) electrons. The third-order valence-corrected chi connectivity index (χ3v) is 7.30. The molecular weight excluding hydrogens is 565 g/mol. The zero-order valence-corrected chi connectivity index (χ0v) is 22.7. The van der Waals surface area contributed by atoms with E-state index >= 15 is 0 Å². The number of nitro benzene ring substituents is 1. The summed E-state index contributed by atoms with van der Waals surface area (Å²) < 4.78 is 46.5. The molecule has 0 spiro atoms. The summed E-state index contributed by atoms with van der Waals surface area (Å²) in [7, 11) is 0. The normalized spacial score (nSPS) is 17.9. The maximum atomic E-state index is 14.3. The minimum atomic E-state index is -4.67. The predicted octanol–water partition coefficient (Wildman–Crippen LogP) is 8.05. The molecule has 0 fully saturated rings. The molecule has 0 saturated heterocycles. The molecule has 12 heteroatoms. The lowest BCUT2D eigenvalue weighted by molar-refractivity contribution is -0.384. The quantitative estimate of drug-likeness (QED) is 0.225. The van der Waals surface area contributed by atoms with Gasteiger partial charge in [-0.25, -0.2) is 14.5 Å². The number of allylic oxidation sites excluding steroid dienone is 2. The van der Waals surface area contributed by atoms with E-state index in [-0.39, 0.29) is 17.1 Å².